The summed E-state index contributed by atoms with van der Waals surface area (Å²) in [6, 6.07) is 6.19. The molecule has 0 heterocycles. The van der Waals surface area contributed by atoms with Crippen LogP contribution in [0.2, 0.25) is 5.02 Å². The van der Waals surface area contributed by atoms with E-state index in [4.69, 9.17) is 17.3 Å². The Morgan fingerprint density at radius 2 is 2.06 bits per heavy atom. The van der Waals surface area contributed by atoms with E-state index in [-0.39, 0.29) is 6.04 Å². The van der Waals surface area contributed by atoms with Crippen LogP contribution in [0, 0.1) is 12.8 Å². The number of hydrogen-bond acceptors (Lipinski definition) is 1. The highest BCUT2D eigenvalue weighted by molar-refractivity contribution is 6.31. The zero-order valence-electron chi connectivity index (χ0n) is 10.6. The summed E-state index contributed by atoms with van der Waals surface area (Å²) >= 11 is 6.13. The summed E-state index contributed by atoms with van der Waals surface area (Å²) in [6.07, 6.45) is 7.99. The van der Waals surface area contributed by atoms with Gasteiger partial charge in [0, 0.05) is 11.1 Å². The third kappa shape index (κ3) is 3.23. The van der Waals surface area contributed by atoms with Crippen LogP contribution in [0.25, 0.3) is 0 Å². The predicted molar refractivity (Wildman–Crippen MR) is 74.3 cm³/mol. The zero-order chi connectivity index (χ0) is 12.3. The highest BCUT2D eigenvalue weighted by Gasteiger charge is 2.17. The van der Waals surface area contributed by atoms with Crippen molar-refractivity contribution in [2.24, 2.45) is 11.7 Å². The topological polar surface area (TPSA) is 26.0 Å². The van der Waals surface area contributed by atoms with E-state index < -0.39 is 0 Å². The van der Waals surface area contributed by atoms with Crippen molar-refractivity contribution in [2.45, 2.75) is 51.5 Å². The van der Waals surface area contributed by atoms with Crippen molar-refractivity contribution in [2.75, 3.05) is 0 Å². The van der Waals surface area contributed by atoms with Gasteiger partial charge in [0.2, 0.25) is 0 Å². The molecule has 2 rings (SSSR count). The molecular weight excluding hydrogens is 230 g/mol. The van der Waals surface area contributed by atoms with Crippen LogP contribution in [0.3, 0.4) is 0 Å². The quantitative estimate of drug-likeness (QED) is 0.830. The Kier molecular flexibility index (Phi) is 4.47. The molecule has 1 aliphatic rings. The van der Waals surface area contributed by atoms with E-state index in [1.165, 1.54) is 37.7 Å². The smallest absolute Gasteiger partial charge is 0.0438 e. The molecule has 1 aliphatic carbocycles. The van der Waals surface area contributed by atoms with E-state index in [0.717, 1.165) is 22.9 Å². The lowest BCUT2D eigenvalue weighted by atomic mass is 9.93. The molecular formula is C15H22ClN. The zero-order valence-corrected chi connectivity index (χ0v) is 11.3. The minimum atomic E-state index is 0.147. The molecule has 0 aliphatic heterocycles. The van der Waals surface area contributed by atoms with Crippen LogP contribution in [-0.2, 0) is 0 Å². The summed E-state index contributed by atoms with van der Waals surface area (Å²) in [5.41, 5.74) is 8.65. The number of benzene rings is 1. The third-order valence-electron chi connectivity index (χ3n) is 4.07. The van der Waals surface area contributed by atoms with Gasteiger partial charge >= 0.3 is 0 Å². The van der Waals surface area contributed by atoms with Crippen molar-refractivity contribution >= 4 is 11.6 Å². The summed E-state index contributed by atoms with van der Waals surface area (Å²) in [5, 5.41) is 0.832. The maximum Gasteiger partial charge on any atom is 0.0438 e. The van der Waals surface area contributed by atoms with E-state index in [9.17, 15) is 0 Å². The average molecular weight is 252 g/mol. The molecule has 1 fully saturated rings. The van der Waals surface area contributed by atoms with Gasteiger partial charge in [0.15, 0.2) is 0 Å². The number of rotatable bonds is 4. The number of hydrogen-bond donors (Lipinski definition) is 1. The van der Waals surface area contributed by atoms with E-state index in [1.54, 1.807) is 0 Å². The molecule has 0 saturated heterocycles. The molecule has 0 radical (unpaired) electrons. The van der Waals surface area contributed by atoms with Gasteiger partial charge in [-0.25, -0.2) is 0 Å². The van der Waals surface area contributed by atoms with Crippen molar-refractivity contribution in [1.29, 1.82) is 0 Å². The summed E-state index contributed by atoms with van der Waals surface area (Å²) in [6.45, 7) is 2.06. The molecule has 0 spiro atoms. The average Bonchev–Trinajstić information content (AvgIpc) is 2.82. The van der Waals surface area contributed by atoms with Crippen molar-refractivity contribution in [3.63, 3.8) is 0 Å². The van der Waals surface area contributed by atoms with Gasteiger partial charge in [-0.3, -0.25) is 0 Å². The van der Waals surface area contributed by atoms with Gasteiger partial charge in [0.1, 0.15) is 0 Å². The van der Waals surface area contributed by atoms with E-state index in [2.05, 4.69) is 13.0 Å². The Labute approximate surface area is 109 Å². The first-order chi connectivity index (χ1) is 8.18. The molecule has 2 N–H and O–H groups in total. The first-order valence-corrected chi connectivity index (χ1v) is 7.07. The first kappa shape index (κ1) is 12.9. The van der Waals surface area contributed by atoms with Gasteiger partial charge in [0.05, 0.1) is 0 Å². The molecule has 1 aromatic carbocycles. The fourth-order valence-corrected chi connectivity index (χ4v) is 3.08. The second kappa shape index (κ2) is 5.88. The first-order valence-electron chi connectivity index (χ1n) is 6.69. The Hall–Kier alpha value is -0.530. The molecule has 17 heavy (non-hydrogen) atoms. The van der Waals surface area contributed by atoms with Gasteiger partial charge in [0.25, 0.3) is 0 Å². The van der Waals surface area contributed by atoms with Gasteiger partial charge in [-0.05, 0) is 42.9 Å². The Balaban J connectivity index is 1.94. The van der Waals surface area contributed by atoms with Gasteiger partial charge in [-0.15, -0.1) is 0 Å². The minimum Gasteiger partial charge on any atom is -0.324 e. The highest BCUT2D eigenvalue weighted by Crippen LogP contribution is 2.32. The van der Waals surface area contributed by atoms with Crippen molar-refractivity contribution < 1.29 is 0 Å². The molecule has 94 valence electrons. The van der Waals surface area contributed by atoms with Crippen LogP contribution in [0.5, 0.6) is 0 Å². The van der Waals surface area contributed by atoms with E-state index in [0.29, 0.717) is 0 Å². The van der Waals surface area contributed by atoms with Gasteiger partial charge in [-0.1, -0.05) is 49.4 Å². The van der Waals surface area contributed by atoms with Crippen molar-refractivity contribution in [3.8, 4) is 0 Å². The summed E-state index contributed by atoms with van der Waals surface area (Å²) in [7, 11) is 0. The largest absolute Gasteiger partial charge is 0.324 e. The molecule has 1 nitrogen and oxygen atoms in total. The van der Waals surface area contributed by atoms with Gasteiger partial charge in [-0.2, -0.15) is 0 Å². The number of halogens is 1. The third-order valence-corrected chi connectivity index (χ3v) is 4.48. The summed E-state index contributed by atoms with van der Waals surface area (Å²) in [5.74, 6) is 0.917. The molecule has 1 atom stereocenters. The minimum absolute atomic E-state index is 0.147. The van der Waals surface area contributed by atoms with Crippen LogP contribution in [0.4, 0.5) is 0 Å². The number of nitrogens with two attached hydrogens (primary N) is 1. The Bertz CT molecular complexity index is 369. The fraction of sp³-hybridized carbons (Fsp3) is 0.600. The van der Waals surface area contributed by atoms with Crippen molar-refractivity contribution in [1.82, 2.24) is 0 Å². The van der Waals surface area contributed by atoms with Crippen LogP contribution < -0.4 is 5.73 Å². The molecule has 1 aromatic rings. The standard InChI is InChI=1S/C15H22ClN/c1-11-13(7-4-8-14(11)16)15(17)10-9-12-5-2-3-6-12/h4,7-8,12,15H,2-3,5-6,9-10,17H2,1H3. The molecule has 0 aromatic heterocycles. The maximum absolute atomic E-state index is 6.28. The van der Waals surface area contributed by atoms with Crippen LogP contribution >= 0.6 is 11.6 Å². The maximum atomic E-state index is 6.28. The molecule has 0 amide bonds. The molecule has 0 bridgehead atoms. The normalized spacial score (nSPS) is 18.5. The Morgan fingerprint density at radius 3 is 2.76 bits per heavy atom. The second-order valence-corrected chi connectivity index (χ2v) is 5.70. The van der Waals surface area contributed by atoms with E-state index in [1.807, 2.05) is 12.1 Å². The SMILES string of the molecule is Cc1c(Cl)cccc1C(N)CCC1CCCC1. The lowest BCUT2D eigenvalue weighted by Crippen LogP contribution is -2.13. The lowest BCUT2D eigenvalue weighted by molar-refractivity contribution is 0.453. The van der Waals surface area contributed by atoms with Crippen LogP contribution in [0.15, 0.2) is 18.2 Å². The summed E-state index contributed by atoms with van der Waals surface area (Å²) in [4.78, 5) is 0. The predicted octanol–water partition coefficient (Wildman–Crippen LogP) is 4.62. The monoisotopic (exact) mass is 251 g/mol. The van der Waals surface area contributed by atoms with Crippen LogP contribution in [-0.4, -0.2) is 0 Å². The van der Waals surface area contributed by atoms with E-state index >= 15 is 0 Å². The molecule has 1 unspecified atom stereocenters. The fourth-order valence-electron chi connectivity index (χ4n) is 2.90. The second-order valence-electron chi connectivity index (χ2n) is 5.29. The highest BCUT2D eigenvalue weighted by atomic mass is 35.5. The summed E-state index contributed by atoms with van der Waals surface area (Å²) < 4.78 is 0. The van der Waals surface area contributed by atoms with Crippen LogP contribution in [0.1, 0.15) is 55.7 Å². The van der Waals surface area contributed by atoms with Crippen molar-refractivity contribution in [3.05, 3.63) is 34.3 Å². The molecule has 1 saturated carbocycles. The van der Waals surface area contributed by atoms with Gasteiger partial charge < -0.3 is 5.73 Å². The molecule has 2 heteroatoms. The Morgan fingerprint density at radius 1 is 1.35 bits per heavy atom. The lowest BCUT2D eigenvalue weighted by Gasteiger charge is -2.17.